The molecule has 1 aromatic rings. The Bertz CT molecular complexity index is 1110. The molecule has 2 saturated carbocycles. The third kappa shape index (κ3) is 7.10. The van der Waals surface area contributed by atoms with Crippen LogP contribution in [0.25, 0.3) is 0 Å². The zero-order chi connectivity index (χ0) is 28.3. The third-order valence-electron chi connectivity index (χ3n) is 7.76. The van der Waals surface area contributed by atoms with Crippen molar-refractivity contribution < 1.29 is 28.5 Å². The van der Waals surface area contributed by atoms with Gasteiger partial charge in [0, 0.05) is 24.0 Å². The number of amides is 1. The van der Waals surface area contributed by atoms with Gasteiger partial charge in [-0.3, -0.25) is 9.36 Å². The van der Waals surface area contributed by atoms with Gasteiger partial charge in [0.05, 0.1) is 24.3 Å². The molecule has 212 valence electrons. The van der Waals surface area contributed by atoms with Crippen molar-refractivity contribution in [1.82, 2.24) is 0 Å². The number of hydrogen-bond donors (Lipinski definition) is 1. The standard InChI is InChI=1S/C29H44NO6PS/c1-8-36-37(7,34)29(33)17-13-22(14-18-29)30(26(31)21-11-9-20(2)10-12-21)24-19-23(15-16-28(3,4)5)38-25(24)27(32)35-6/h19-22,33H,8-14,17-18H2,1-7H3. The van der Waals surface area contributed by atoms with Crippen LogP contribution in [-0.4, -0.2) is 48.7 Å². The van der Waals surface area contributed by atoms with Crippen LogP contribution >= 0.6 is 18.7 Å². The Labute approximate surface area is 232 Å². The molecule has 1 aromatic heterocycles. The first-order chi connectivity index (χ1) is 17.7. The number of hydrogen-bond acceptors (Lipinski definition) is 7. The van der Waals surface area contributed by atoms with E-state index in [2.05, 4.69) is 18.8 Å². The van der Waals surface area contributed by atoms with E-state index in [1.54, 1.807) is 11.8 Å². The minimum Gasteiger partial charge on any atom is -0.465 e. The van der Waals surface area contributed by atoms with Gasteiger partial charge in [0.15, 0.2) is 0 Å². The van der Waals surface area contributed by atoms with Crippen molar-refractivity contribution in [1.29, 1.82) is 0 Å². The fraction of sp³-hybridized carbons (Fsp3) is 0.724. The summed E-state index contributed by atoms with van der Waals surface area (Å²) in [5, 5.41) is 9.85. The number of carbonyl (C=O) groups excluding carboxylic acids is 2. The molecular weight excluding hydrogens is 521 g/mol. The molecule has 7 nitrogen and oxygen atoms in total. The third-order valence-corrected chi connectivity index (χ3v) is 11.5. The minimum absolute atomic E-state index is 0.00936. The van der Waals surface area contributed by atoms with Crippen LogP contribution in [0.2, 0.25) is 0 Å². The highest BCUT2D eigenvalue weighted by Gasteiger charge is 2.48. The van der Waals surface area contributed by atoms with Gasteiger partial charge in [-0.15, -0.1) is 11.3 Å². The van der Waals surface area contributed by atoms with E-state index >= 15 is 0 Å². The van der Waals surface area contributed by atoms with Crippen molar-refractivity contribution in [3.8, 4) is 11.8 Å². The van der Waals surface area contributed by atoms with Crippen molar-refractivity contribution in [2.75, 3.05) is 25.3 Å². The van der Waals surface area contributed by atoms with Crippen LogP contribution in [0.1, 0.15) is 101 Å². The highest BCUT2D eigenvalue weighted by molar-refractivity contribution is 7.59. The number of rotatable bonds is 7. The molecule has 0 spiro atoms. The average molecular weight is 566 g/mol. The molecule has 0 bridgehead atoms. The molecule has 2 aliphatic carbocycles. The van der Waals surface area contributed by atoms with Crippen molar-refractivity contribution in [2.24, 2.45) is 17.3 Å². The normalized spacial score (nSPS) is 27.5. The van der Waals surface area contributed by atoms with Gasteiger partial charge in [0.2, 0.25) is 13.3 Å². The molecule has 1 amide bonds. The van der Waals surface area contributed by atoms with E-state index in [1.165, 1.54) is 25.1 Å². The van der Waals surface area contributed by atoms with E-state index in [4.69, 9.17) is 9.26 Å². The molecule has 1 unspecified atom stereocenters. The van der Waals surface area contributed by atoms with E-state index in [1.807, 2.05) is 26.8 Å². The lowest BCUT2D eigenvalue weighted by atomic mass is 9.81. The van der Waals surface area contributed by atoms with E-state index in [9.17, 15) is 19.3 Å². The van der Waals surface area contributed by atoms with Gasteiger partial charge in [0.25, 0.3) is 0 Å². The monoisotopic (exact) mass is 565 g/mol. The molecule has 3 rings (SSSR count). The SMILES string of the molecule is CCOP(C)(=O)C1(O)CCC(N(C(=O)C2CCC(C)CC2)c2cc(C#CC(C)(C)C)sc2C(=O)OC)CC1. The summed E-state index contributed by atoms with van der Waals surface area (Å²) < 4.78 is 23.7. The number of anilines is 1. The first-order valence-corrected chi connectivity index (χ1v) is 16.6. The maximum Gasteiger partial charge on any atom is 0.350 e. The molecule has 38 heavy (non-hydrogen) atoms. The Morgan fingerprint density at radius 3 is 2.32 bits per heavy atom. The predicted octanol–water partition coefficient (Wildman–Crippen LogP) is 6.67. The van der Waals surface area contributed by atoms with Gasteiger partial charge in [-0.2, -0.15) is 0 Å². The molecule has 2 fully saturated rings. The Hall–Kier alpha value is -1.65. The van der Waals surface area contributed by atoms with Crippen molar-refractivity contribution >= 4 is 36.3 Å². The largest absolute Gasteiger partial charge is 0.465 e. The molecule has 0 saturated heterocycles. The fourth-order valence-electron chi connectivity index (χ4n) is 5.40. The Morgan fingerprint density at radius 2 is 1.79 bits per heavy atom. The summed E-state index contributed by atoms with van der Waals surface area (Å²) in [6, 6.07) is 1.59. The second kappa shape index (κ2) is 12.3. The average Bonchev–Trinajstić information content (AvgIpc) is 3.27. The second-order valence-corrected chi connectivity index (χ2v) is 15.8. The Kier molecular flexibility index (Phi) is 9.96. The Morgan fingerprint density at radius 1 is 1.18 bits per heavy atom. The van der Waals surface area contributed by atoms with Crippen molar-refractivity contribution in [3.05, 3.63) is 15.8 Å². The lowest BCUT2D eigenvalue weighted by Gasteiger charge is -2.43. The number of aliphatic hydroxyl groups is 1. The number of thiophene rings is 1. The molecular formula is C29H44NO6PS. The van der Waals surface area contributed by atoms with Crippen molar-refractivity contribution in [3.63, 3.8) is 0 Å². The number of ether oxygens (including phenoxy) is 1. The molecule has 0 aliphatic heterocycles. The van der Waals surface area contributed by atoms with E-state index in [-0.39, 0.29) is 42.7 Å². The molecule has 9 heteroatoms. The smallest absolute Gasteiger partial charge is 0.350 e. The topological polar surface area (TPSA) is 93.1 Å². The van der Waals surface area contributed by atoms with Crippen LogP contribution in [-0.2, 0) is 18.6 Å². The summed E-state index contributed by atoms with van der Waals surface area (Å²) in [5.74, 6) is 6.39. The van der Waals surface area contributed by atoms with Crippen molar-refractivity contribution in [2.45, 2.75) is 97.4 Å². The maximum absolute atomic E-state index is 14.2. The quantitative estimate of drug-likeness (QED) is 0.226. The number of methoxy groups -OCH3 is 1. The van der Waals surface area contributed by atoms with Gasteiger partial charge >= 0.3 is 5.97 Å². The van der Waals surface area contributed by atoms with Crippen LogP contribution in [0.5, 0.6) is 0 Å². The van der Waals surface area contributed by atoms with Crippen LogP contribution in [0.15, 0.2) is 6.07 Å². The van der Waals surface area contributed by atoms with Crippen LogP contribution in [0.3, 0.4) is 0 Å². The predicted molar refractivity (Wildman–Crippen MR) is 153 cm³/mol. The van der Waals surface area contributed by atoms with E-state index in [0.29, 0.717) is 34.2 Å². The summed E-state index contributed by atoms with van der Waals surface area (Å²) in [4.78, 5) is 29.9. The molecule has 0 aromatic carbocycles. The van der Waals surface area contributed by atoms with Crippen LogP contribution in [0, 0.1) is 29.1 Å². The summed E-state index contributed by atoms with van der Waals surface area (Å²) in [6.45, 7) is 11.8. The first kappa shape index (κ1) is 30.9. The van der Waals surface area contributed by atoms with Crippen LogP contribution < -0.4 is 4.90 Å². The summed E-state index contributed by atoms with van der Waals surface area (Å²) in [5.41, 5.74) is 0.315. The molecule has 1 heterocycles. The lowest BCUT2D eigenvalue weighted by Crippen LogP contribution is -2.49. The summed E-state index contributed by atoms with van der Waals surface area (Å²) in [7, 11) is -1.91. The number of nitrogens with zero attached hydrogens (tertiary/aromatic N) is 1. The van der Waals surface area contributed by atoms with Gasteiger partial charge in [-0.25, -0.2) is 4.79 Å². The van der Waals surface area contributed by atoms with Gasteiger partial charge in [-0.05, 0) is 91.0 Å². The Balaban J connectivity index is 2.02. The van der Waals surface area contributed by atoms with Gasteiger partial charge < -0.3 is 19.3 Å². The van der Waals surface area contributed by atoms with Gasteiger partial charge in [0.1, 0.15) is 10.2 Å². The summed E-state index contributed by atoms with van der Waals surface area (Å²) in [6.07, 6.45) is 5.05. The number of carbonyl (C=O) groups is 2. The summed E-state index contributed by atoms with van der Waals surface area (Å²) >= 11 is 1.24. The highest BCUT2D eigenvalue weighted by atomic mass is 32.1. The maximum atomic E-state index is 14.2. The molecule has 2 aliphatic rings. The zero-order valence-electron chi connectivity index (χ0n) is 24.0. The fourth-order valence-corrected chi connectivity index (χ4v) is 8.13. The zero-order valence-corrected chi connectivity index (χ0v) is 25.7. The van der Waals surface area contributed by atoms with E-state index in [0.717, 1.165) is 25.7 Å². The second-order valence-electron chi connectivity index (χ2n) is 12.0. The lowest BCUT2D eigenvalue weighted by molar-refractivity contribution is -0.124. The molecule has 0 radical (unpaired) electrons. The highest BCUT2D eigenvalue weighted by Crippen LogP contribution is 2.60. The van der Waals surface area contributed by atoms with E-state index < -0.39 is 18.7 Å². The molecule has 1 atom stereocenters. The molecule has 1 N–H and O–H groups in total. The van der Waals surface area contributed by atoms with Gasteiger partial charge in [-0.1, -0.05) is 18.8 Å². The number of esters is 1. The minimum atomic E-state index is -3.25. The first-order valence-electron chi connectivity index (χ1n) is 13.7. The van der Waals surface area contributed by atoms with Crippen LogP contribution in [0.4, 0.5) is 5.69 Å².